The summed E-state index contributed by atoms with van der Waals surface area (Å²) < 4.78 is 0. The van der Waals surface area contributed by atoms with Crippen LogP contribution < -0.4 is 5.32 Å². The van der Waals surface area contributed by atoms with E-state index in [0.717, 1.165) is 25.2 Å². The van der Waals surface area contributed by atoms with E-state index >= 15 is 0 Å². The molecule has 0 amide bonds. The maximum absolute atomic E-state index is 9.40. The van der Waals surface area contributed by atoms with Gasteiger partial charge < -0.3 is 15.5 Å². The zero-order valence-electron chi connectivity index (χ0n) is 9.48. The molecule has 1 atom stereocenters. The number of hydrogen-bond acceptors (Lipinski definition) is 4. The van der Waals surface area contributed by atoms with Crippen LogP contribution in [0.5, 0.6) is 11.5 Å². The highest BCUT2D eigenvalue weighted by molar-refractivity contribution is 5.40. The maximum Gasteiger partial charge on any atom is 0.157 e. The standard InChI is InChI=1S/C12H18N2O2/c1-14(10-4-5-13-7-10)8-9-2-3-11(15)12(16)6-9/h2-3,6,10,13,15-16H,4-5,7-8H2,1H3. The summed E-state index contributed by atoms with van der Waals surface area (Å²) in [6.45, 7) is 2.90. The van der Waals surface area contributed by atoms with Gasteiger partial charge in [0.15, 0.2) is 11.5 Å². The minimum Gasteiger partial charge on any atom is -0.504 e. The summed E-state index contributed by atoms with van der Waals surface area (Å²) in [4.78, 5) is 2.27. The topological polar surface area (TPSA) is 55.7 Å². The van der Waals surface area contributed by atoms with Gasteiger partial charge in [-0.3, -0.25) is 4.90 Å². The fourth-order valence-electron chi connectivity index (χ4n) is 2.10. The van der Waals surface area contributed by atoms with Crippen molar-refractivity contribution in [3.05, 3.63) is 23.8 Å². The van der Waals surface area contributed by atoms with E-state index in [2.05, 4.69) is 17.3 Å². The molecule has 0 aliphatic carbocycles. The normalized spacial score (nSPS) is 20.5. The lowest BCUT2D eigenvalue weighted by atomic mass is 10.1. The van der Waals surface area contributed by atoms with Crippen LogP contribution in [-0.2, 0) is 6.54 Å². The van der Waals surface area contributed by atoms with Crippen molar-refractivity contribution >= 4 is 0 Å². The largest absolute Gasteiger partial charge is 0.504 e. The number of aromatic hydroxyl groups is 2. The van der Waals surface area contributed by atoms with Gasteiger partial charge in [-0.15, -0.1) is 0 Å². The van der Waals surface area contributed by atoms with E-state index in [1.165, 1.54) is 12.5 Å². The van der Waals surface area contributed by atoms with E-state index in [4.69, 9.17) is 0 Å². The molecule has 4 nitrogen and oxygen atoms in total. The first kappa shape index (κ1) is 11.2. The van der Waals surface area contributed by atoms with E-state index < -0.39 is 0 Å². The average molecular weight is 222 g/mol. The van der Waals surface area contributed by atoms with Crippen LogP contribution >= 0.6 is 0 Å². The average Bonchev–Trinajstić information content (AvgIpc) is 2.77. The van der Waals surface area contributed by atoms with Crippen molar-refractivity contribution in [2.45, 2.75) is 19.0 Å². The summed E-state index contributed by atoms with van der Waals surface area (Å²) in [6, 6.07) is 5.56. The van der Waals surface area contributed by atoms with Crippen molar-refractivity contribution in [3.63, 3.8) is 0 Å². The highest BCUT2D eigenvalue weighted by atomic mass is 16.3. The summed E-state index contributed by atoms with van der Waals surface area (Å²) in [5.41, 5.74) is 1.02. The molecule has 4 heteroatoms. The maximum atomic E-state index is 9.40. The van der Waals surface area contributed by atoms with Crippen molar-refractivity contribution in [2.24, 2.45) is 0 Å². The Labute approximate surface area is 95.5 Å². The molecule has 1 fully saturated rings. The van der Waals surface area contributed by atoms with Gasteiger partial charge in [-0.05, 0) is 37.7 Å². The van der Waals surface area contributed by atoms with Gasteiger partial charge in [0.25, 0.3) is 0 Å². The second kappa shape index (κ2) is 4.72. The number of rotatable bonds is 3. The Morgan fingerprint density at radius 2 is 2.19 bits per heavy atom. The molecule has 0 radical (unpaired) electrons. The molecule has 3 N–H and O–H groups in total. The molecular formula is C12H18N2O2. The van der Waals surface area contributed by atoms with Crippen LogP contribution in [0, 0.1) is 0 Å². The van der Waals surface area contributed by atoms with E-state index in [-0.39, 0.29) is 11.5 Å². The molecule has 0 spiro atoms. The van der Waals surface area contributed by atoms with Crippen molar-refractivity contribution < 1.29 is 10.2 Å². The Balaban J connectivity index is 1.99. The predicted octanol–water partition coefficient (Wildman–Crippen LogP) is 0.891. The zero-order chi connectivity index (χ0) is 11.5. The van der Waals surface area contributed by atoms with Crippen molar-refractivity contribution in [1.29, 1.82) is 0 Å². The van der Waals surface area contributed by atoms with Crippen LogP contribution in [0.1, 0.15) is 12.0 Å². The number of nitrogens with zero attached hydrogens (tertiary/aromatic N) is 1. The van der Waals surface area contributed by atoms with Crippen molar-refractivity contribution in [3.8, 4) is 11.5 Å². The smallest absolute Gasteiger partial charge is 0.157 e. The third-order valence-electron chi connectivity index (χ3n) is 3.13. The molecule has 1 unspecified atom stereocenters. The lowest BCUT2D eigenvalue weighted by molar-refractivity contribution is 0.248. The van der Waals surface area contributed by atoms with Gasteiger partial charge >= 0.3 is 0 Å². The minimum atomic E-state index is -0.0612. The number of benzene rings is 1. The summed E-state index contributed by atoms with van der Waals surface area (Å²) in [7, 11) is 2.08. The lowest BCUT2D eigenvalue weighted by Gasteiger charge is -2.23. The number of likely N-dealkylation sites (N-methyl/N-ethyl adjacent to an activating group) is 1. The summed E-state index contributed by atoms with van der Waals surface area (Å²) >= 11 is 0. The van der Waals surface area contributed by atoms with Crippen LogP contribution in [0.2, 0.25) is 0 Å². The summed E-state index contributed by atoms with van der Waals surface area (Å²) in [5, 5.41) is 21.9. The quantitative estimate of drug-likeness (QED) is 0.665. The molecule has 0 aromatic heterocycles. The third kappa shape index (κ3) is 2.46. The highest BCUT2D eigenvalue weighted by Crippen LogP contribution is 2.25. The fourth-order valence-corrected chi connectivity index (χ4v) is 2.10. The number of hydrogen-bond donors (Lipinski definition) is 3. The minimum absolute atomic E-state index is 0.0459. The number of nitrogens with one attached hydrogen (secondary N) is 1. The SMILES string of the molecule is CN(Cc1ccc(O)c(O)c1)C1CCNC1. The number of phenols is 2. The Bertz CT molecular complexity index is 362. The van der Waals surface area contributed by atoms with E-state index in [0.29, 0.717) is 6.04 Å². The predicted molar refractivity (Wildman–Crippen MR) is 62.5 cm³/mol. The number of phenolic OH excluding ortho intramolecular Hbond substituents is 2. The van der Waals surface area contributed by atoms with E-state index in [1.807, 2.05) is 6.07 Å². The van der Waals surface area contributed by atoms with Crippen molar-refractivity contribution in [2.75, 3.05) is 20.1 Å². The van der Waals surface area contributed by atoms with Crippen LogP contribution in [0.4, 0.5) is 0 Å². The van der Waals surface area contributed by atoms with Gasteiger partial charge in [-0.25, -0.2) is 0 Å². The van der Waals surface area contributed by atoms with Gasteiger partial charge in [0, 0.05) is 19.1 Å². The molecule has 1 aromatic carbocycles. The molecule has 2 rings (SSSR count). The Hall–Kier alpha value is -1.26. The molecule has 1 aromatic rings. The van der Waals surface area contributed by atoms with Crippen LogP contribution in [0.15, 0.2) is 18.2 Å². The highest BCUT2D eigenvalue weighted by Gasteiger charge is 2.19. The van der Waals surface area contributed by atoms with Crippen LogP contribution in [0.3, 0.4) is 0 Å². The molecule has 1 saturated heterocycles. The first-order chi connectivity index (χ1) is 7.66. The fraction of sp³-hybridized carbons (Fsp3) is 0.500. The monoisotopic (exact) mass is 222 g/mol. The first-order valence-electron chi connectivity index (χ1n) is 5.58. The van der Waals surface area contributed by atoms with Gasteiger partial charge in [0.05, 0.1) is 0 Å². The zero-order valence-corrected chi connectivity index (χ0v) is 9.48. The van der Waals surface area contributed by atoms with Gasteiger partial charge in [0.2, 0.25) is 0 Å². The first-order valence-corrected chi connectivity index (χ1v) is 5.58. The van der Waals surface area contributed by atoms with Gasteiger partial charge in [-0.2, -0.15) is 0 Å². The molecule has 88 valence electrons. The van der Waals surface area contributed by atoms with Crippen molar-refractivity contribution in [1.82, 2.24) is 10.2 Å². The third-order valence-corrected chi connectivity index (χ3v) is 3.13. The Morgan fingerprint density at radius 3 is 2.81 bits per heavy atom. The second-order valence-electron chi connectivity index (χ2n) is 4.38. The molecule has 16 heavy (non-hydrogen) atoms. The molecule has 0 bridgehead atoms. The molecule has 1 aliphatic heterocycles. The second-order valence-corrected chi connectivity index (χ2v) is 4.38. The Morgan fingerprint density at radius 1 is 1.38 bits per heavy atom. The Kier molecular flexibility index (Phi) is 3.31. The summed E-state index contributed by atoms with van der Waals surface area (Å²) in [6.07, 6.45) is 1.17. The lowest BCUT2D eigenvalue weighted by Crippen LogP contribution is -2.32. The van der Waals surface area contributed by atoms with Crippen LogP contribution in [0.25, 0.3) is 0 Å². The molecular weight excluding hydrogens is 204 g/mol. The summed E-state index contributed by atoms with van der Waals surface area (Å²) in [5.74, 6) is -0.107. The molecule has 1 aliphatic rings. The molecule has 1 heterocycles. The van der Waals surface area contributed by atoms with E-state index in [9.17, 15) is 10.2 Å². The van der Waals surface area contributed by atoms with Gasteiger partial charge in [0.1, 0.15) is 0 Å². The van der Waals surface area contributed by atoms with Gasteiger partial charge in [-0.1, -0.05) is 6.07 Å². The van der Waals surface area contributed by atoms with E-state index in [1.54, 1.807) is 6.07 Å². The van der Waals surface area contributed by atoms with Crippen LogP contribution in [-0.4, -0.2) is 41.3 Å². The molecule has 0 saturated carbocycles.